The first kappa shape index (κ1) is 4.43. The van der Waals surface area contributed by atoms with E-state index in [4.69, 9.17) is 5.11 Å². The van der Waals surface area contributed by atoms with E-state index in [2.05, 4.69) is 4.18 Å². The molecule has 1 atom stereocenters. The number of rotatable bonds is 0. The van der Waals surface area contributed by atoms with E-state index in [1.54, 1.807) is 0 Å². The zero-order chi connectivity index (χ0) is 4.41. The highest BCUT2D eigenvalue weighted by Gasteiger charge is 2.10. The number of aliphatic hydroxyl groups excluding tert-OH is 1. The van der Waals surface area contributed by atoms with Gasteiger partial charge in [-0.05, 0) is 12.0 Å². The van der Waals surface area contributed by atoms with Gasteiger partial charge < -0.3 is 5.11 Å². The number of hydrogen-bond acceptors (Lipinski definition) is 3. The summed E-state index contributed by atoms with van der Waals surface area (Å²) in [6, 6.07) is 0. The molecule has 0 spiro atoms. The second-order valence-electron chi connectivity index (χ2n) is 1.16. The minimum Gasteiger partial charge on any atom is -0.367 e. The van der Waals surface area contributed by atoms with Gasteiger partial charge in [-0.1, -0.05) is 0 Å². The maximum atomic E-state index is 8.49. The van der Waals surface area contributed by atoms with Crippen molar-refractivity contribution in [3.8, 4) is 0 Å². The van der Waals surface area contributed by atoms with Gasteiger partial charge in [-0.15, -0.1) is 0 Å². The van der Waals surface area contributed by atoms with Gasteiger partial charge in [0.15, 0.2) is 6.29 Å². The Kier molecular flexibility index (Phi) is 1.34. The molecule has 0 amide bonds. The molecule has 1 saturated heterocycles. The van der Waals surface area contributed by atoms with Gasteiger partial charge >= 0.3 is 0 Å². The fourth-order valence-electron chi connectivity index (χ4n) is 0.324. The van der Waals surface area contributed by atoms with Gasteiger partial charge in [0.05, 0.1) is 0 Å². The minimum atomic E-state index is -0.491. The van der Waals surface area contributed by atoms with E-state index in [-0.39, 0.29) is 0 Å². The van der Waals surface area contributed by atoms with E-state index in [1.807, 2.05) is 0 Å². The van der Waals surface area contributed by atoms with Crippen LogP contribution in [-0.2, 0) is 4.18 Å². The molecule has 0 saturated carbocycles. The Morgan fingerprint density at radius 1 is 1.83 bits per heavy atom. The quantitative estimate of drug-likeness (QED) is 0.452. The maximum absolute atomic E-state index is 8.49. The summed E-state index contributed by atoms with van der Waals surface area (Å²) in [6.07, 6.45) is 0.292. The van der Waals surface area contributed by atoms with Crippen LogP contribution >= 0.6 is 12.0 Å². The van der Waals surface area contributed by atoms with Crippen molar-refractivity contribution in [1.82, 2.24) is 0 Å². The summed E-state index contributed by atoms with van der Waals surface area (Å²) in [5.74, 6) is 0.932. The van der Waals surface area contributed by atoms with Crippen LogP contribution in [-0.4, -0.2) is 17.1 Å². The molecule has 0 aromatic heterocycles. The predicted molar refractivity (Wildman–Crippen MR) is 24.2 cm³/mol. The first-order valence-electron chi connectivity index (χ1n) is 1.86. The van der Waals surface area contributed by atoms with E-state index in [0.717, 1.165) is 12.2 Å². The molecule has 6 heavy (non-hydrogen) atoms. The van der Waals surface area contributed by atoms with Crippen LogP contribution in [0.1, 0.15) is 6.42 Å². The summed E-state index contributed by atoms with van der Waals surface area (Å²) in [5.41, 5.74) is 0. The van der Waals surface area contributed by atoms with Crippen molar-refractivity contribution in [2.45, 2.75) is 12.7 Å². The van der Waals surface area contributed by atoms with E-state index in [1.165, 1.54) is 12.0 Å². The number of hydrogen-bond donors (Lipinski definition) is 1. The molecule has 1 aliphatic heterocycles. The van der Waals surface area contributed by atoms with E-state index >= 15 is 0 Å². The smallest absolute Gasteiger partial charge is 0.168 e. The maximum Gasteiger partial charge on any atom is 0.168 e. The van der Waals surface area contributed by atoms with E-state index < -0.39 is 6.29 Å². The van der Waals surface area contributed by atoms with Gasteiger partial charge in [-0.3, -0.25) is 4.18 Å². The molecule has 0 bridgehead atoms. The minimum absolute atomic E-state index is 0.491. The highest BCUT2D eigenvalue weighted by Crippen LogP contribution is 2.18. The van der Waals surface area contributed by atoms with Crippen LogP contribution in [0.2, 0.25) is 0 Å². The van der Waals surface area contributed by atoms with Crippen LogP contribution < -0.4 is 0 Å². The Labute approximate surface area is 40.7 Å². The van der Waals surface area contributed by atoms with Gasteiger partial charge in [0.2, 0.25) is 0 Å². The largest absolute Gasteiger partial charge is 0.367 e. The lowest BCUT2D eigenvalue weighted by atomic mass is 10.5. The van der Waals surface area contributed by atoms with Crippen LogP contribution in [0.5, 0.6) is 0 Å². The normalized spacial score (nSPS) is 34.5. The average molecular weight is 106 g/mol. The number of aliphatic hydroxyl groups is 1. The molecule has 36 valence electrons. The van der Waals surface area contributed by atoms with Crippen molar-refractivity contribution in [1.29, 1.82) is 0 Å². The SMILES string of the molecule is OC1CCSO1. The Balaban J connectivity index is 2.18. The van der Waals surface area contributed by atoms with E-state index in [9.17, 15) is 0 Å². The van der Waals surface area contributed by atoms with Crippen molar-refractivity contribution in [3.05, 3.63) is 0 Å². The second kappa shape index (κ2) is 1.82. The van der Waals surface area contributed by atoms with Gasteiger partial charge in [-0.2, -0.15) is 0 Å². The fraction of sp³-hybridized carbons (Fsp3) is 1.00. The Morgan fingerprint density at radius 2 is 2.67 bits per heavy atom. The molecule has 3 heteroatoms. The molecule has 1 rings (SSSR count). The third-order valence-electron chi connectivity index (χ3n) is 0.627. The molecule has 0 aliphatic carbocycles. The van der Waals surface area contributed by atoms with Crippen molar-refractivity contribution >= 4 is 12.0 Å². The van der Waals surface area contributed by atoms with E-state index in [0.29, 0.717) is 0 Å². The molecule has 1 aliphatic rings. The van der Waals surface area contributed by atoms with Crippen LogP contribution in [0.25, 0.3) is 0 Å². The summed E-state index contributed by atoms with van der Waals surface area (Å²) in [5, 5.41) is 8.49. The molecule has 0 aromatic rings. The standard InChI is InChI=1S/C3H6O2S/c4-3-1-2-6-5-3/h3-4H,1-2H2. The van der Waals surface area contributed by atoms with Crippen LogP contribution in [0.4, 0.5) is 0 Å². The summed E-state index contributed by atoms with van der Waals surface area (Å²) in [6.45, 7) is 0. The lowest BCUT2D eigenvalue weighted by Crippen LogP contribution is -1.98. The molecule has 0 radical (unpaired) electrons. The third kappa shape index (κ3) is 0.864. The molecule has 1 fully saturated rings. The Hall–Kier alpha value is 0.270. The molecule has 1 N–H and O–H groups in total. The van der Waals surface area contributed by atoms with Gasteiger partial charge in [0.1, 0.15) is 0 Å². The monoisotopic (exact) mass is 106 g/mol. The first-order chi connectivity index (χ1) is 2.89. The van der Waals surface area contributed by atoms with Gasteiger partial charge in [0, 0.05) is 12.2 Å². The van der Waals surface area contributed by atoms with Crippen LogP contribution in [0, 0.1) is 0 Å². The molecule has 0 aromatic carbocycles. The zero-order valence-corrected chi connectivity index (χ0v) is 4.07. The molecule has 1 heterocycles. The summed E-state index contributed by atoms with van der Waals surface area (Å²) in [4.78, 5) is 0. The molecule has 2 nitrogen and oxygen atoms in total. The fourth-order valence-corrected chi connectivity index (χ4v) is 0.971. The Morgan fingerprint density at radius 3 is 2.83 bits per heavy atom. The lowest BCUT2D eigenvalue weighted by Gasteiger charge is -1.91. The summed E-state index contributed by atoms with van der Waals surface area (Å²) >= 11 is 1.33. The molecular formula is C3H6O2S. The third-order valence-corrected chi connectivity index (χ3v) is 1.39. The van der Waals surface area contributed by atoms with Crippen molar-refractivity contribution in [2.24, 2.45) is 0 Å². The lowest BCUT2D eigenvalue weighted by molar-refractivity contribution is 0.0110. The summed E-state index contributed by atoms with van der Waals surface area (Å²) in [7, 11) is 0. The zero-order valence-electron chi connectivity index (χ0n) is 3.26. The molecule has 1 unspecified atom stereocenters. The Bertz CT molecular complexity index is 42.1. The second-order valence-corrected chi connectivity index (χ2v) is 2.00. The highest BCUT2D eigenvalue weighted by atomic mass is 32.2. The van der Waals surface area contributed by atoms with Crippen LogP contribution in [0.15, 0.2) is 0 Å². The summed E-state index contributed by atoms with van der Waals surface area (Å²) < 4.78 is 4.62. The van der Waals surface area contributed by atoms with Crippen LogP contribution in [0.3, 0.4) is 0 Å². The highest BCUT2D eigenvalue weighted by molar-refractivity contribution is 7.94. The predicted octanol–water partition coefficient (Wildman–Crippen LogP) is 0.373. The van der Waals surface area contributed by atoms with Crippen molar-refractivity contribution in [2.75, 3.05) is 5.75 Å². The van der Waals surface area contributed by atoms with Gasteiger partial charge in [0.25, 0.3) is 0 Å². The first-order valence-corrected chi connectivity index (χ1v) is 2.77. The molecular weight excluding hydrogens is 100 g/mol. The topological polar surface area (TPSA) is 29.5 Å². The van der Waals surface area contributed by atoms with Gasteiger partial charge in [-0.25, -0.2) is 0 Å². The van der Waals surface area contributed by atoms with Crippen molar-refractivity contribution in [3.63, 3.8) is 0 Å². The average Bonchev–Trinajstić information content (AvgIpc) is 1.86. The van der Waals surface area contributed by atoms with Crippen molar-refractivity contribution < 1.29 is 9.29 Å².